The summed E-state index contributed by atoms with van der Waals surface area (Å²) in [4.78, 5) is 16.4. The Morgan fingerprint density at radius 1 is 1.50 bits per heavy atom. The highest BCUT2D eigenvalue weighted by Gasteiger charge is 2.17. The molecule has 0 saturated carbocycles. The van der Waals surface area contributed by atoms with E-state index in [1.165, 1.54) is 0 Å². The third kappa shape index (κ3) is 2.08. The van der Waals surface area contributed by atoms with Crippen LogP contribution in [0.15, 0.2) is 12.3 Å². The van der Waals surface area contributed by atoms with Gasteiger partial charge in [0.1, 0.15) is 0 Å². The van der Waals surface area contributed by atoms with Gasteiger partial charge in [-0.15, -0.1) is 0 Å². The molecule has 0 bridgehead atoms. The molecule has 0 spiro atoms. The molecule has 2 aromatic rings. The van der Waals surface area contributed by atoms with E-state index in [1.807, 2.05) is 25.5 Å². The van der Waals surface area contributed by atoms with E-state index >= 15 is 0 Å². The summed E-state index contributed by atoms with van der Waals surface area (Å²) in [5, 5.41) is 5.03. The molecule has 0 aliphatic carbocycles. The van der Waals surface area contributed by atoms with Crippen LogP contribution >= 0.6 is 0 Å². The Balaban J connectivity index is 2.64. The molecule has 96 valence electrons. The number of hydrogen-bond acceptors (Lipinski definition) is 4. The summed E-state index contributed by atoms with van der Waals surface area (Å²) < 4.78 is 6.87. The van der Waals surface area contributed by atoms with E-state index in [4.69, 9.17) is 4.74 Å². The summed E-state index contributed by atoms with van der Waals surface area (Å²) in [7, 11) is 0. The lowest BCUT2D eigenvalue weighted by Crippen LogP contribution is -2.08. The Kier molecular flexibility index (Phi) is 3.32. The number of esters is 1. The number of pyridine rings is 1. The smallest absolute Gasteiger partial charge is 0.338 e. The van der Waals surface area contributed by atoms with Gasteiger partial charge in [0.2, 0.25) is 0 Å². The standard InChI is InChI=1S/C13H17N3O2/c1-5-18-13(17)10-6-9(4)15-12-11(10)7-14-16(12)8(2)3/h6-8H,5H2,1-4H3. The van der Waals surface area contributed by atoms with Gasteiger partial charge in [0.25, 0.3) is 0 Å². The maximum atomic E-state index is 11.9. The molecule has 0 aromatic carbocycles. The molecular weight excluding hydrogens is 230 g/mol. The van der Waals surface area contributed by atoms with Gasteiger partial charge in [-0.05, 0) is 33.8 Å². The summed E-state index contributed by atoms with van der Waals surface area (Å²) in [6.45, 7) is 8.07. The molecule has 2 heterocycles. The molecule has 2 aromatic heterocycles. The van der Waals surface area contributed by atoms with E-state index in [2.05, 4.69) is 10.1 Å². The van der Waals surface area contributed by atoms with Crippen molar-refractivity contribution >= 4 is 17.0 Å². The maximum absolute atomic E-state index is 11.9. The van der Waals surface area contributed by atoms with Gasteiger partial charge in [0.15, 0.2) is 5.65 Å². The maximum Gasteiger partial charge on any atom is 0.338 e. The number of nitrogens with zero attached hydrogens (tertiary/aromatic N) is 3. The third-order valence-corrected chi connectivity index (χ3v) is 2.68. The zero-order chi connectivity index (χ0) is 13.3. The van der Waals surface area contributed by atoms with Crippen LogP contribution in [0, 0.1) is 6.92 Å². The lowest BCUT2D eigenvalue weighted by molar-refractivity contribution is 0.0528. The summed E-state index contributed by atoms with van der Waals surface area (Å²) in [5.41, 5.74) is 2.05. The number of fused-ring (bicyclic) bond motifs is 1. The van der Waals surface area contributed by atoms with Crippen molar-refractivity contribution in [1.29, 1.82) is 0 Å². The number of rotatable bonds is 3. The fourth-order valence-electron chi connectivity index (χ4n) is 1.90. The zero-order valence-electron chi connectivity index (χ0n) is 11.1. The number of hydrogen-bond donors (Lipinski definition) is 0. The molecule has 5 nitrogen and oxygen atoms in total. The van der Waals surface area contributed by atoms with Gasteiger partial charge >= 0.3 is 5.97 Å². The van der Waals surface area contributed by atoms with Crippen LogP contribution in [0.1, 0.15) is 42.9 Å². The van der Waals surface area contributed by atoms with Crippen LogP contribution in [0.2, 0.25) is 0 Å². The molecule has 0 unspecified atom stereocenters. The Hall–Kier alpha value is -1.91. The van der Waals surface area contributed by atoms with Gasteiger partial charge in [-0.25, -0.2) is 14.5 Å². The number of carbonyl (C=O) groups is 1. The van der Waals surface area contributed by atoms with E-state index < -0.39 is 0 Å². The molecule has 0 aliphatic rings. The highest BCUT2D eigenvalue weighted by molar-refractivity contribution is 6.02. The fraction of sp³-hybridized carbons (Fsp3) is 0.462. The summed E-state index contributed by atoms with van der Waals surface area (Å²) in [5.74, 6) is -0.323. The highest BCUT2D eigenvalue weighted by atomic mass is 16.5. The molecule has 5 heteroatoms. The van der Waals surface area contributed by atoms with Crippen LogP contribution < -0.4 is 0 Å². The van der Waals surface area contributed by atoms with Gasteiger partial charge in [-0.2, -0.15) is 5.10 Å². The number of aromatic nitrogens is 3. The van der Waals surface area contributed by atoms with Crippen molar-refractivity contribution in [3.05, 3.63) is 23.5 Å². The number of carbonyl (C=O) groups excluding carboxylic acids is 1. The average molecular weight is 247 g/mol. The van der Waals surface area contributed by atoms with Gasteiger partial charge in [-0.1, -0.05) is 0 Å². The lowest BCUT2D eigenvalue weighted by atomic mass is 10.1. The van der Waals surface area contributed by atoms with Gasteiger partial charge < -0.3 is 4.74 Å². The Labute approximate surface area is 106 Å². The second-order valence-corrected chi connectivity index (χ2v) is 4.45. The van der Waals surface area contributed by atoms with Crippen LogP contribution in [0.3, 0.4) is 0 Å². The van der Waals surface area contributed by atoms with E-state index in [9.17, 15) is 4.79 Å². The molecule has 2 rings (SSSR count). The summed E-state index contributed by atoms with van der Waals surface area (Å²) in [6, 6.07) is 1.94. The Bertz CT molecular complexity index is 587. The predicted molar refractivity (Wildman–Crippen MR) is 68.6 cm³/mol. The van der Waals surface area contributed by atoms with Crippen LogP contribution in [-0.2, 0) is 4.74 Å². The van der Waals surface area contributed by atoms with Crippen molar-refractivity contribution in [2.24, 2.45) is 0 Å². The molecule has 0 aliphatic heterocycles. The minimum atomic E-state index is -0.323. The van der Waals surface area contributed by atoms with Crippen LogP contribution in [0.25, 0.3) is 11.0 Å². The van der Waals surface area contributed by atoms with Gasteiger partial charge in [-0.3, -0.25) is 0 Å². The van der Waals surface area contributed by atoms with Crippen molar-refractivity contribution in [3.8, 4) is 0 Å². The molecule has 0 radical (unpaired) electrons. The summed E-state index contributed by atoms with van der Waals surface area (Å²) in [6.07, 6.45) is 1.67. The second-order valence-electron chi connectivity index (χ2n) is 4.45. The minimum absolute atomic E-state index is 0.201. The average Bonchev–Trinajstić information content (AvgIpc) is 2.71. The predicted octanol–water partition coefficient (Wildman–Crippen LogP) is 2.50. The Morgan fingerprint density at radius 2 is 2.22 bits per heavy atom. The normalized spacial score (nSPS) is 11.2. The van der Waals surface area contributed by atoms with Crippen molar-refractivity contribution in [3.63, 3.8) is 0 Å². The van der Waals surface area contributed by atoms with E-state index in [-0.39, 0.29) is 12.0 Å². The third-order valence-electron chi connectivity index (χ3n) is 2.68. The van der Waals surface area contributed by atoms with Crippen molar-refractivity contribution in [2.45, 2.75) is 33.7 Å². The van der Waals surface area contributed by atoms with Gasteiger partial charge in [0, 0.05) is 11.7 Å². The monoisotopic (exact) mass is 247 g/mol. The van der Waals surface area contributed by atoms with E-state index in [0.29, 0.717) is 12.2 Å². The molecule has 18 heavy (non-hydrogen) atoms. The first-order chi connectivity index (χ1) is 8.54. The first kappa shape index (κ1) is 12.5. The lowest BCUT2D eigenvalue weighted by Gasteiger charge is -2.08. The first-order valence-corrected chi connectivity index (χ1v) is 6.06. The fourth-order valence-corrected chi connectivity index (χ4v) is 1.90. The first-order valence-electron chi connectivity index (χ1n) is 6.06. The molecule has 0 fully saturated rings. The van der Waals surface area contributed by atoms with Crippen LogP contribution in [-0.4, -0.2) is 27.3 Å². The van der Waals surface area contributed by atoms with Crippen LogP contribution in [0.4, 0.5) is 0 Å². The topological polar surface area (TPSA) is 57.0 Å². The van der Waals surface area contributed by atoms with E-state index in [1.54, 1.807) is 19.2 Å². The van der Waals surface area contributed by atoms with E-state index in [0.717, 1.165) is 16.7 Å². The second kappa shape index (κ2) is 4.76. The SMILES string of the molecule is CCOC(=O)c1cc(C)nc2c1cnn2C(C)C. The molecule has 0 atom stereocenters. The zero-order valence-corrected chi connectivity index (χ0v) is 11.1. The Morgan fingerprint density at radius 3 is 2.83 bits per heavy atom. The number of ether oxygens (including phenoxy) is 1. The largest absolute Gasteiger partial charge is 0.462 e. The molecule has 0 amide bonds. The summed E-state index contributed by atoms with van der Waals surface area (Å²) >= 11 is 0. The van der Waals surface area contributed by atoms with Gasteiger partial charge in [0.05, 0.1) is 23.8 Å². The van der Waals surface area contributed by atoms with Crippen molar-refractivity contribution < 1.29 is 9.53 Å². The molecule has 0 saturated heterocycles. The van der Waals surface area contributed by atoms with Crippen molar-refractivity contribution in [1.82, 2.24) is 14.8 Å². The molecule has 0 N–H and O–H groups in total. The number of aryl methyl sites for hydroxylation is 1. The quantitative estimate of drug-likeness (QED) is 0.782. The van der Waals surface area contributed by atoms with Crippen molar-refractivity contribution in [2.75, 3.05) is 6.61 Å². The highest BCUT2D eigenvalue weighted by Crippen LogP contribution is 2.21. The van der Waals surface area contributed by atoms with Crippen LogP contribution in [0.5, 0.6) is 0 Å². The molecular formula is C13H17N3O2. The minimum Gasteiger partial charge on any atom is -0.462 e.